The molecule has 0 aliphatic heterocycles. The number of nitrogens with one attached hydrogen (secondary N) is 1. The van der Waals surface area contributed by atoms with Gasteiger partial charge in [0.15, 0.2) is 12.0 Å². The summed E-state index contributed by atoms with van der Waals surface area (Å²) < 4.78 is 5.04. The molecule has 0 unspecified atom stereocenters. The molecule has 0 saturated carbocycles. The van der Waals surface area contributed by atoms with Gasteiger partial charge in [-0.25, -0.2) is 4.98 Å². The highest BCUT2D eigenvalue weighted by atomic mass is 16.3. The lowest BCUT2D eigenvalue weighted by atomic mass is 10.3. The van der Waals surface area contributed by atoms with Gasteiger partial charge in [0.1, 0.15) is 5.52 Å². The molecule has 2 aromatic rings. The lowest BCUT2D eigenvalue weighted by molar-refractivity contribution is 0.602. The summed E-state index contributed by atoms with van der Waals surface area (Å²) in [5.74, 6) is 5.20. The zero-order valence-corrected chi connectivity index (χ0v) is 5.74. The second-order valence-electron chi connectivity index (χ2n) is 2.18. The highest BCUT2D eigenvalue weighted by Gasteiger charge is 1.97. The third-order valence-corrected chi connectivity index (χ3v) is 1.50. The van der Waals surface area contributed by atoms with E-state index in [-0.39, 0.29) is 0 Å². The summed E-state index contributed by atoms with van der Waals surface area (Å²) in [4.78, 5) is 3.97. The number of anilines is 1. The molecule has 11 heavy (non-hydrogen) atoms. The number of nitrogens with two attached hydrogens (primary N) is 1. The van der Waals surface area contributed by atoms with E-state index in [0.29, 0.717) is 0 Å². The minimum Gasteiger partial charge on any atom is -0.443 e. The largest absolute Gasteiger partial charge is 0.443 e. The number of hydrazine groups is 1. The molecular weight excluding hydrogens is 142 g/mol. The summed E-state index contributed by atoms with van der Waals surface area (Å²) in [6.45, 7) is 0. The quantitative estimate of drug-likeness (QED) is 0.471. The van der Waals surface area contributed by atoms with Crippen molar-refractivity contribution in [1.82, 2.24) is 4.98 Å². The van der Waals surface area contributed by atoms with Gasteiger partial charge in [0, 0.05) is 0 Å². The molecule has 0 aliphatic carbocycles. The van der Waals surface area contributed by atoms with Crippen LogP contribution in [0.1, 0.15) is 0 Å². The molecule has 0 atom stereocenters. The van der Waals surface area contributed by atoms with E-state index < -0.39 is 0 Å². The Balaban J connectivity index is 2.67. The SMILES string of the molecule is NNc1ccc2ocnc2c1. The molecule has 0 bridgehead atoms. The molecule has 0 aliphatic rings. The fraction of sp³-hybridized carbons (Fsp3) is 0. The average Bonchev–Trinajstić information content (AvgIpc) is 2.50. The molecule has 56 valence electrons. The maximum atomic E-state index is 5.20. The van der Waals surface area contributed by atoms with Gasteiger partial charge in [-0.2, -0.15) is 0 Å². The van der Waals surface area contributed by atoms with Crippen LogP contribution >= 0.6 is 0 Å². The number of hydrogen-bond donors (Lipinski definition) is 2. The van der Waals surface area contributed by atoms with Crippen LogP contribution in [0.4, 0.5) is 5.69 Å². The number of fused-ring (bicyclic) bond motifs is 1. The van der Waals surface area contributed by atoms with E-state index in [1.165, 1.54) is 6.39 Å². The summed E-state index contributed by atoms with van der Waals surface area (Å²) in [5, 5.41) is 0. The van der Waals surface area contributed by atoms with Gasteiger partial charge in [-0.05, 0) is 18.2 Å². The Bertz CT molecular complexity index is 368. The highest BCUT2D eigenvalue weighted by Crippen LogP contribution is 2.16. The normalized spacial score (nSPS) is 10.3. The van der Waals surface area contributed by atoms with E-state index >= 15 is 0 Å². The van der Waals surface area contributed by atoms with E-state index in [1.54, 1.807) is 0 Å². The smallest absolute Gasteiger partial charge is 0.181 e. The predicted molar refractivity (Wildman–Crippen MR) is 41.8 cm³/mol. The van der Waals surface area contributed by atoms with Crippen LogP contribution in [-0.2, 0) is 0 Å². The zero-order valence-electron chi connectivity index (χ0n) is 5.74. The zero-order chi connectivity index (χ0) is 7.68. The Labute approximate surface area is 63.0 Å². The number of hydrogen-bond acceptors (Lipinski definition) is 4. The summed E-state index contributed by atoms with van der Waals surface area (Å²) in [5.41, 5.74) is 4.93. The third kappa shape index (κ3) is 0.929. The first-order chi connectivity index (χ1) is 5.40. The van der Waals surface area contributed by atoms with Gasteiger partial charge in [-0.1, -0.05) is 0 Å². The first kappa shape index (κ1) is 6.18. The standard InChI is InChI=1S/C7H7N3O/c8-10-5-1-2-7-6(3-5)9-4-11-7/h1-4,10H,8H2. The first-order valence-electron chi connectivity index (χ1n) is 3.20. The first-order valence-corrected chi connectivity index (χ1v) is 3.20. The Morgan fingerprint density at radius 1 is 1.45 bits per heavy atom. The van der Waals surface area contributed by atoms with Crippen molar-refractivity contribution in [3.8, 4) is 0 Å². The van der Waals surface area contributed by atoms with Gasteiger partial charge in [0.2, 0.25) is 0 Å². The van der Waals surface area contributed by atoms with Gasteiger partial charge in [-0.15, -0.1) is 0 Å². The van der Waals surface area contributed by atoms with Crippen LogP contribution in [0.2, 0.25) is 0 Å². The summed E-state index contributed by atoms with van der Waals surface area (Å²) in [6, 6.07) is 5.46. The number of benzene rings is 1. The maximum absolute atomic E-state index is 5.20. The van der Waals surface area contributed by atoms with E-state index in [9.17, 15) is 0 Å². The number of aromatic nitrogens is 1. The van der Waals surface area contributed by atoms with Crippen LogP contribution in [0.25, 0.3) is 11.1 Å². The molecule has 1 aromatic heterocycles. The molecular formula is C7H7N3O. The van der Waals surface area contributed by atoms with Crippen molar-refractivity contribution >= 4 is 16.8 Å². The van der Waals surface area contributed by atoms with Crippen LogP contribution in [0.5, 0.6) is 0 Å². The van der Waals surface area contributed by atoms with Gasteiger partial charge >= 0.3 is 0 Å². The number of oxazole rings is 1. The monoisotopic (exact) mass is 149 g/mol. The number of nitrogens with zero attached hydrogens (tertiary/aromatic N) is 1. The van der Waals surface area contributed by atoms with Crippen molar-refractivity contribution in [2.75, 3.05) is 5.43 Å². The molecule has 3 N–H and O–H groups in total. The second kappa shape index (κ2) is 2.25. The van der Waals surface area contributed by atoms with Gasteiger partial charge < -0.3 is 9.84 Å². The van der Waals surface area contributed by atoms with Gasteiger partial charge in [0.25, 0.3) is 0 Å². The van der Waals surface area contributed by atoms with Crippen LogP contribution < -0.4 is 11.3 Å². The Hall–Kier alpha value is -1.55. The topological polar surface area (TPSA) is 64.1 Å². The Kier molecular flexibility index (Phi) is 1.26. The average molecular weight is 149 g/mol. The number of rotatable bonds is 1. The van der Waals surface area contributed by atoms with Crippen molar-refractivity contribution < 1.29 is 4.42 Å². The van der Waals surface area contributed by atoms with Crippen LogP contribution in [0, 0.1) is 0 Å². The lowest BCUT2D eigenvalue weighted by Gasteiger charge is -1.95. The molecule has 0 fully saturated rings. The molecule has 1 heterocycles. The Morgan fingerprint density at radius 3 is 3.18 bits per heavy atom. The van der Waals surface area contributed by atoms with Crippen LogP contribution in [-0.4, -0.2) is 4.98 Å². The molecule has 4 nitrogen and oxygen atoms in total. The molecule has 2 rings (SSSR count). The molecule has 4 heteroatoms. The van der Waals surface area contributed by atoms with Crippen molar-refractivity contribution in [3.05, 3.63) is 24.6 Å². The van der Waals surface area contributed by atoms with E-state index in [2.05, 4.69) is 10.4 Å². The minimum atomic E-state index is 0.768. The highest BCUT2D eigenvalue weighted by molar-refractivity contribution is 5.76. The van der Waals surface area contributed by atoms with Gasteiger partial charge in [-0.3, -0.25) is 5.84 Å². The molecule has 1 aromatic carbocycles. The molecule has 0 spiro atoms. The third-order valence-electron chi connectivity index (χ3n) is 1.50. The fourth-order valence-corrected chi connectivity index (χ4v) is 0.948. The van der Waals surface area contributed by atoms with Gasteiger partial charge in [0.05, 0.1) is 5.69 Å². The second-order valence-corrected chi connectivity index (χ2v) is 2.18. The van der Waals surface area contributed by atoms with E-state index in [4.69, 9.17) is 10.3 Å². The minimum absolute atomic E-state index is 0.768. The molecule has 0 saturated heterocycles. The summed E-state index contributed by atoms with van der Waals surface area (Å²) in [7, 11) is 0. The fourth-order valence-electron chi connectivity index (χ4n) is 0.948. The Morgan fingerprint density at radius 2 is 2.36 bits per heavy atom. The van der Waals surface area contributed by atoms with Crippen molar-refractivity contribution in [1.29, 1.82) is 0 Å². The van der Waals surface area contributed by atoms with E-state index in [0.717, 1.165) is 16.8 Å². The molecule has 0 radical (unpaired) electrons. The lowest BCUT2D eigenvalue weighted by Crippen LogP contribution is -2.05. The summed E-state index contributed by atoms with van der Waals surface area (Å²) >= 11 is 0. The molecule has 0 amide bonds. The van der Waals surface area contributed by atoms with Crippen molar-refractivity contribution in [3.63, 3.8) is 0 Å². The van der Waals surface area contributed by atoms with Crippen molar-refractivity contribution in [2.45, 2.75) is 0 Å². The number of nitrogen functional groups attached to an aromatic ring is 1. The van der Waals surface area contributed by atoms with Crippen LogP contribution in [0.3, 0.4) is 0 Å². The van der Waals surface area contributed by atoms with Crippen LogP contribution in [0.15, 0.2) is 29.0 Å². The predicted octanol–water partition coefficient (Wildman–Crippen LogP) is 1.11. The van der Waals surface area contributed by atoms with Crippen molar-refractivity contribution in [2.24, 2.45) is 5.84 Å². The maximum Gasteiger partial charge on any atom is 0.181 e. The van der Waals surface area contributed by atoms with E-state index in [1.807, 2.05) is 18.2 Å². The summed E-state index contributed by atoms with van der Waals surface area (Å²) in [6.07, 6.45) is 1.41.